The molecule has 0 aliphatic carbocycles. The Labute approximate surface area is 164 Å². The molecule has 0 N–H and O–H groups in total. The van der Waals surface area contributed by atoms with Gasteiger partial charge in [0.1, 0.15) is 11.0 Å². The molecule has 2 unspecified atom stereocenters. The normalized spacial score (nSPS) is 25.1. The summed E-state index contributed by atoms with van der Waals surface area (Å²) >= 11 is 0. The van der Waals surface area contributed by atoms with Crippen LogP contribution in [0.15, 0.2) is 65.8 Å². The van der Waals surface area contributed by atoms with Gasteiger partial charge in [-0.05, 0) is 31.0 Å². The molecule has 2 aliphatic heterocycles. The predicted molar refractivity (Wildman–Crippen MR) is 105 cm³/mol. The van der Waals surface area contributed by atoms with Crippen molar-refractivity contribution in [2.24, 2.45) is 0 Å². The quantitative estimate of drug-likeness (QED) is 0.677. The van der Waals surface area contributed by atoms with Crippen LogP contribution in [0.5, 0.6) is 5.88 Å². The van der Waals surface area contributed by atoms with Crippen LogP contribution in [0.25, 0.3) is 10.9 Å². The summed E-state index contributed by atoms with van der Waals surface area (Å²) in [6.45, 7) is 0. The summed E-state index contributed by atoms with van der Waals surface area (Å²) < 4.78 is 34.9. The molecule has 0 saturated carbocycles. The number of sulfonamides is 1. The zero-order valence-corrected chi connectivity index (χ0v) is 16.1. The lowest BCUT2D eigenvalue weighted by molar-refractivity contribution is 0.0919. The number of ether oxygens (including phenoxy) is 1. The van der Waals surface area contributed by atoms with E-state index < -0.39 is 10.0 Å². The Balaban J connectivity index is 1.44. The number of aromatic nitrogens is 2. The zero-order chi connectivity index (χ0) is 19.1. The molecule has 6 nitrogen and oxygen atoms in total. The van der Waals surface area contributed by atoms with Gasteiger partial charge in [0.25, 0.3) is 0 Å². The first-order valence-electron chi connectivity index (χ1n) is 9.58. The molecule has 2 bridgehead atoms. The third kappa shape index (κ3) is 2.95. The summed E-state index contributed by atoms with van der Waals surface area (Å²) in [5.41, 5.74) is 0.538. The molecule has 7 heteroatoms. The number of nitrogens with zero attached hydrogens (tertiary/aromatic N) is 3. The Kier molecular flexibility index (Phi) is 4.29. The zero-order valence-electron chi connectivity index (χ0n) is 15.3. The number of benzene rings is 1. The van der Waals surface area contributed by atoms with Gasteiger partial charge in [-0.15, -0.1) is 0 Å². The lowest BCUT2D eigenvalue weighted by Gasteiger charge is -2.37. The minimum Gasteiger partial charge on any atom is -0.474 e. The van der Waals surface area contributed by atoms with Gasteiger partial charge in [-0.1, -0.05) is 24.3 Å². The first-order chi connectivity index (χ1) is 13.6. The van der Waals surface area contributed by atoms with Crippen molar-refractivity contribution in [3.05, 3.63) is 60.9 Å². The Bertz CT molecular complexity index is 1080. The summed E-state index contributed by atoms with van der Waals surface area (Å²) in [5, 5.41) is 0.837. The molecule has 2 atom stereocenters. The van der Waals surface area contributed by atoms with Crippen molar-refractivity contribution in [2.45, 2.75) is 48.8 Å². The fraction of sp³-hybridized carbons (Fsp3) is 0.333. The fourth-order valence-corrected chi connectivity index (χ4v) is 6.62. The Morgan fingerprint density at radius 3 is 2.39 bits per heavy atom. The van der Waals surface area contributed by atoms with E-state index in [2.05, 4.69) is 9.97 Å². The highest BCUT2D eigenvalue weighted by atomic mass is 32.2. The maximum atomic E-state index is 13.6. The summed E-state index contributed by atoms with van der Waals surface area (Å²) in [6, 6.07) is 14.6. The fourth-order valence-electron chi connectivity index (χ4n) is 4.56. The van der Waals surface area contributed by atoms with Crippen LogP contribution in [-0.4, -0.2) is 40.9 Å². The number of pyridine rings is 2. The maximum absolute atomic E-state index is 13.6. The molecule has 1 aromatic carbocycles. The highest BCUT2D eigenvalue weighted by molar-refractivity contribution is 7.89. The van der Waals surface area contributed by atoms with Crippen molar-refractivity contribution in [1.29, 1.82) is 0 Å². The summed E-state index contributed by atoms with van der Waals surface area (Å²) in [5.74, 6) is 0.599. The molecule has 4 heterocycles. The second kappa shape index (κ2) is 6.83. The number of rotatable bonds is 4. The summed E-state index contributed by atoms with van der Waals surface area (Å²) in [4.78, 5) is 8.87. The number of hydrogen-bond donors (Lipinski definition) is 0. The number of fused-ring (bicyclic) bond motifs is 3. The van der Waals surface area contributed by atoms with E-state index in [4.69, 9.17) is 4.74 Å². The van der Waals surface area contributed by atoms with Crippen LogP contribution in [0.2, 0.25) is 0 Å². The topological polar surface area (TPSA) is 72.4 Å². The van der Waals surface area contributed by atoms with E-state index in [1.807, 2.05) is 36.4 Å². The molecule has 0 amide bonds. The molecule has 144 valence electrons. The van der Waals surface area contributed by atoms with Crippen molar-refractivity contribution in [3.8, 4) is 5.88 Å². The first-order valence-corrected chi connectivity index (χ1v) is 11.0. The number of piperidine rings is 1. The standard InChI is InChI=1S/C21H21N3O3S/c25-28(26,19-7-3-5-15-6-4-12-23-21(15)19)24-16-9-10-17(24)14-18(13-16)27-20-8-1-2-11-22-20/h1-8,11-12,16-18H,9-10,13-14H2. The second-order valence-corrected chi connectivity index (χ2v) is 9.24. The van der Waals surface area contributed by atoms with Crippen LogP contribution in [0, 0.1) is 0 Å². The van der Waals surface area contributed by atoms with Gasteiger partial charge in [-0.25, -0.2) is 13.4 Å². The molecule has 2 saturated heterocycles. The highest BCUT2D eigenvalue weighted by Gasteiger charge is 2.48. The lowest BCUT2D eigenvalue weighted by Crippen LogP contribution is -2.49. The Morgan fingerprint density at radius 1 is 0.893 bits per heavy atom. The largest absolute Gasteiger partial charge is 0.474 e. The molecule has 3 aromatic rings. The Hall–Kier alpha value is -2.51. The van der Waals surface area contributed by atoms with Gasteiger partial charge in [-0.2, -0.15) is 4.31 Å². The van der Waals surface area contributed by atoms with Crippen LogP contribution < -0.4 is 4.74 Å². The van der Waals surface area contributed by atoms with Gasteiger partial charge in [0.2, 0.25) is 15.9 Å². The van der Waals surface area contributed by atoms with Gasteiger partial charge in [0, 0.05) is 48.8 Å². The minimum absolute atomic E-state index is 0.00973. The van der Waals surface area contributed by atoms with E-state index in [9.17, 15) is 8.42 Å². The van der Waals surface area contributed by atoms with Crippen molar-refractivity contribution in [3.63, 3.8) is 0 Å². The molecular weight excluding hydrogens is 374 g/mol. The van der Waals surface area contributed by atoms with E-state index in [1.54, 1.807) is 28.8 Å². The average molecular weight is 395 g/mol. The van der Waals surface area contributed by atoms with Crippen LogP contribution >= 0.6 is 0 Å². The van der Waals surface area contributed by atoms with Gasteiger partial charge >= 0.3 is 0 Å². The monoisotopic (exact) mass is 395 g/mol. The van der Waals surface area contributed by atoms with Crippen LogP contribution in [0.3, 0.4) is 0 Å². The third-order valence-electron chi connectivity index (χ3n) is 5.70. The van der Waals surface area contributed by atoms with E-state index in [0.717, 1.165) is 18.2 Å². The van der Waals surface area contributed by atoms with Crippen molar-refractivity contribution < 1.29 is 13.2 Å². The number of para-hydroxylation sites is 1. The SMILES string of the molecule is O=S(=O)(c1cccc2cccnc12)N1C2CCC1CC(Oc1ccccn1)C2. The van der Waals surface area contributed by atoms with Gasteiger partial charge in [0.15, 0.2) is 0 Å². The summed E-state index contributed by atoms with van der Waals surface area (Å²) in [6.07, 6.45) is 6.44. The predicted octanol–water partition coefficient (Wildman–Crippen LogP) is 3.39. The highest BCUT2D eigenvalue weighted by Crippen LogP contribution is 2.41. The van der Waals surface area contributed by atoms with E-state index >= 15 is 0 Å². The van der Waals surface area contributed by atoms with Crippen molar-refractivity contribution in [1.82, 2.24) is 14.3 Å². The van der Waals surface area contributed by atoms with E-state index in [1.165, 1.54) is 0 Å². The van der Waals surface area contributed by atoms with Crippen molar-refractivity contribution >= 4 is 20.9 Å². The maximum Gasteiger partial charge on any atom is 0.245 e. The van der Waals surface area contributed by atoms with Crippen LogP contribution in [0.1, 0.15) is 25.7 Å². The number of hydrogen-bond acceptors (Lipinski definition) is 5. The van der Waals surface area contributed by atoms with Crippen molar-refractivity contribution in [2.75, 3.05) is 0 Å². The molecule has 0 spiro atoms. The third-order valence-corrected chi connectivity index (χ3v) is 7.74. The van der Waals surface area contributed by atoms with Gasteiger partial charge in [-0.3, -0.25) is 4.98 Å². The molecule has 2 fully saturated rings. The molecule has 0 radical (unpaired) electrons. The first kappa shape index (κ1) is 17.6. The minimum atomic E-state index is -3.62. The summed E-state index contributed by atoms with van der Waals surface area (Å²) in [7, 11) is -3.62. The molecule has 2 aliphatic rings. The Morgan fingerprint density at radius 2 is 1.64 bits per heavy atom. The second-order valence-electron chi connectivity index (χ2n) is 7.43. The molecular formula is C21H21N3O3S. The van der Waals surface area contributed by atoms with Crippen LogP contribution in [0.4, 0.5) is 0 Å². The lowest BCUT2D eigenvalue weighted by atomic mass is 10.0. The smallest absolute Gasteiger partial charge is 0.245 e. The van der Waals surface area contributed by atoms with Gasteiger partial charge in [0.05, 0.1) is 5.52 Å². The van der Waals surface area contributed by atoms with E-state index in [-0.39, 0.29) is 18.2 Å². The van der Waals surface area contributed by atoms with Crippen LogP contribution in [-0.2, 0) is 10.0 Å². The molecule has 5 rings (SSSR count). The van der Waals surface area contributed by atoms with Gasteiger partial charge < -0.3 is 4.74 Å². The van der Waals surface area contributed by atoms with E-state index in [0.29, 0.717) is 29.1 Å². The molecule has 28 heavy (non-hydrogen) atoms. The molecule has 2 aromatic heterocycles. The average Bonchev–Trinajstić information content (AvgIpc) is 3.00.